The molecule has 0 saturated heterocycles. The number of halogens is 1. The summed E-state index contributed by atoms with van der Waals surface area (Å²) in [5.41, 5.74) is 0. The zero-order chi connectivity index (χ0) is 6.41. The fraction of sp³-hybridized carbons (Fsp3) is 1.00. The molecule has 0 unspecified atom stereocenters. The molecule has 0 nitrogen and oxygen atoms in total. The molecule has 50 valence electrons. The lowest BCUT2D eigenvalue weighted by Gasteiger charge is -1.98. The number of unbranched alkanes of at least 4 members (excludes halogenated alkanes) is 2. The Morgan fingerprint density at radius 3 is 2.38 bits per heavy atom. The Morgan fingerprint density at radius 1 is 1.38 bits per heavy atom. The quantitative estimate of drug-likeness (QED) is 0.409. The second-order valence-corrected chi connectivity index (χ2v) is 3.02. The van der Waals surface area contributed by atoms with E-state index in [1.54, 1.807) is 0 Å². The van der Waals surface area contributed by atoms with E-state index in [1.807, 2.05) is 0 Å². The number of hydrogen-bond donors (Lipinski definition) is 0. The molecule has 0 saturated carbocycles. The van der Waals surface area contributed by atoms with E-state index in [0.29, 0.717) is 5.38 Å². The predicted octanol–water partition coefficient (Wildman–Crippen LogP) is 3.19. The van der Waals surface area contributed by atoms with Gasteiger partial charge in [0.25, 0.3) is 0 Å². The first kappa shape index (κ1) is 8.29. The molecule has 0 fully saturated rings. The average molecular weight is 135 g/mol. The molecule has 0 bridgehead atoms. The van der Waals surface area contributed by atoms with Crippen molar-refractivity contribution < 1.29 is 0 Å². The van der Waals surface area contributed by atoms with E-state index in [0.717, 1.165) is 0 Å². The molecule has 0 aliphatic rings. The molecule has 0 rings (SSSR count). The van der Waals surface area contributed by atoms with Gasteiger partial charge in [0.05, 0.1) is 0 Å². The van der Waals surface area contributed by atoms with Gasteiger partial charge in [-0.3, -0.25) is 0 Å². The van der Waals surface area contributed by atoms with Crippen molar-refractivity contribution in [1.29, 1.82) is 0 Å². The van der Waals surface area contributed by atoms with Crippen LogP contribution in [-0.2, 0) is 0 Å². The molecule has 1 heteroatoms. The fourth-order valence-corrected chi connectivity index (χ4v) is 0.830. The monoisotopic (exact) mass is 134 g/mol. The first-order chi connectivity index (χ1) is 3.77. The van der Waals surface area contributed by atoms with Crippen LogP contribution in [0.25, 0.3) is 0 Å². The summed E-state index contributed by atoms with van der Waals surface area (Å²) in [5.74, 6) is 0. The van der Waals surface area contributed by atoms with Crippen molar-refractivity contribution in [2.24, 2.45) is 0 Å². The van der Waals surface area contributed by atoms with Crippen LogP contribution in [0.5, 0.6) is 0 Å². The highest BCUT2D eigenvalue weighted by Gasteiger charge is 1.92. The van der Waals surface area contributed by atoms with Crippen LogP contribution in [0.2, 0.25) is 0 Å². The summed E-state index contributed by atoms with van der Waals surface area (Å²) in [6.07, 6.45) is 5.09. The molecule has 0 amide bonds. The van der Waals surface area contributed by atoms with Crippen molar-refractivity contribution >= 4 is 11.6 Å². The number of hydrogen-bond acceptors (Lipinski definition) is 0. The van der Waals surface area contributed by atoms with E-state index in [4.69, 9.17) is 11.6 Å². The van der Waals surface area contributed by atoms with Crippen LogP contribution in [-0.4, -0.2) is 5.38 Å². The number of alkyl halides is 1. The van der Waals surface area contributed by atoms with Crippen molar-refractivity contribution in [2.45, 2.75) is 44.9 Å². The highest BCUT2D eigenvalue weighted by Crippen LogP contribution is 2.06. The fourth-order valence-electron chi connectivity index (χ4n) is 0.676. The maximum absolute atomic E-state index is 5.71. The standard InChI is InChI=1S/C7H15Cl/c1-3-4-5-6-7(2)8/h7H,3-6H2,1-2H3/t7-/m1/s1. The molecule has 0 aliphatic heterocycles. The lowest BCUT2D eigenvalue weighted by Crippen LogP contribution is -1.88. The Hall–Kier alpha value is 0.290. The molecule has 0 aromatic heterocycles. The average Bonchev–Trinajstić information content (AvgIpc) is 1.66. The van der Waals surface area contributed by atoms with Gasteiger partial charge in [0, 0.05) is 5.38 Å². The minimum atomic E-state index is 0.376. The molecule has 8 heavy (non-hydrogen) atoms. The SMILES string of the molecule is CCCCC[C@@H](C)Cl. The molecule has 1 atom stereocenters. The van der Waals surface area contributed by atoms with Gasteiger partial charge in [0.2, 0.25) is 0 Å². The van der Waals surface area contributed by atoms with E-state index in [9.17, 15) is 0 Å². The first-order valence-electron chi connectivity index (χ1n) is 3.41. The maximum atomic E-state index is 5.71. The summed E-state index contributed by atoms with van der Waals surface area (Å²) in [6.45, 7) is 4.26. The third-order valence-electron chi connectivity index (χ3n) is 1.21. The minimum absolute atomic E-state index is 0.376. The number of rotatable bonds is 4. The maximum Gasteiger partial charge on any atom is 0.0307 e. The largest absolute Gasteiger partial charge is 0.123 e. The summed E-state index contributed by atoms with van der Waals surface area (Å²) in [6, 6.07) is 0. The van der Waals surface area contributed by atoms with Gasteiger partial charge in [-0.15, -0.1) is 11.6 Å². The van der Waals surface area contributed by atoms with Crippen LogP contribution >= 0.6 is 11.6 Å². The van der Waals surface area contributed by atoms with Gasteiger partial charge in [0.15, 0.2) is 0 Å². The van der Waals surface area contributed by atoms with Crippen molar-refractivity contribution in [3.05, 3.63) is 0 Å². The second-order valence-electron chi connectivity index (χ2n) is 2.28. The molecule has 0 spiro atoms. The van der Waals surface area contributed by atoms with Gasteiger partial charge in [-0.25, -0.2) is 0 Å². The van der Waals surface area contributed by atoms with Gasteiger partial charge >= 0.3 is 0 Å². The van der Waals surface area contributed by atoms with Gasteiger partial charge in [0.1, 0.15) is 0 Å². The van der Waals surface area contributed by atoms with E-state index in [2.05, 4.69) is 13.8 Å². The van der Waals surface area contributed by atoms with E-state index in [-0.39, 0.29) is 0 Å². The Morgan fingerprint density at radius 2 is 2.00 bits per heavy atom. The van der Waals surface area contributed by atoms with Crippen LogP contribution < -0.4 is 0 Å². The van der Waals surface area contributed by atoms with Gasteiger partial charge in [-0.05, 0) is 13.3 Å². The molecule has 0 radical (unpaired) electrons. The Labute approximate surface area is 57.2 Å². The third kappa shape index (κ3) is 6.29. The van der Waals surface area contributed by atoms with Crippen LogP contribution in [0.15, 0.2) is 0 Å². The highest BCUT2D eigenvalue weighted by atomic mass is 35.5. The Kier molecular flexibility index (Phi) is 5.62. The first-order valence-corrected chi connectivity index (χ1v) is 3.85. The molecular formula is C7H15Cl. The summed E-state index contributed by atoms with van der Waals surface area (Å²) < 4.78 is 0. The van der Waals surface area contributed by atoms with Crippen LogP contribution in [0.1, 0.15) is 39.5 Å². The summed E-state index contributed by atoms with van der Waals surface area (Å²) in [7, 11) is 0. The third-order valence-corrected chi connectivity index (χ3v) is 1.42. The molecule has 0 heterocycles. The predicted molar refractivity (Wildman–Crippen MR) is 39.5 cm³/mol. The lowest BCUT2D eigenvalue weighted by molar-refractivity contribution is 0.660. The van der Waals surface area contributed by atoms with Crippen molar-refractivity contribution in [1.82, 2.24) is 0 Å². The normalized spacial score (nSPS) is 13.9. The Balaban J connectivity index is 2.72. The van der Waals surface area contributed by atoms with Crippen LogP contribution in [0, 0.1) is 0 Å². The second kappa shape index (κ2) is 5.43. The minimum Gasteiger partial charge on any atom is -0.123 e. The summed E-state index contributed by atoms with van der Waals surface area (Å²) in [5, 5.41) is 0.376. The zero-order valence-electron chi connectivity index (χ0n) is 5.78. The van der Waals surface area contributed by atoms with E-state index in [1.165, 1.54) is 25.7 Å². The lowest BCUT2D eigenvalue weighted by atomic mass is 10.2. The zero-order valence-corrected chi connectivity index (χ0v) is 6.54. The smallest absolute Gasteiger partial charge is 0.0307 e. The topological polar surface area (TPSA) is 0 Å². The van der Waals surface area contributed by atoms with E-state index >= 15 is 0 Å². The molecular weight excluding hydrogens is 120 g/mol. The van der Waals surface area contributed by atoms with Crippen molar-refractivity contribution in [3.63, 3.8) is 0 Å². The van der Waals surface area contributed by atoms with Gasteiger partial charge in [-0.1, -0.05) is 26.2 Å². The molecule has 0 N–H and O–H groups in total. The molecule has 0 aliphatic carbocycles. The molecule has 0 aromatic carbocycles. The summed E-state index contributed by atoms with van der Waals surface area (Å²) >= 11 is 5.71. The van der Waals surface area contributed by atoms with Gasteiger partial charge < -0.3 is 0 Å². The van der Waals surface area contributed by atoms with Crippen molar-refractivity contribution in [2.75, 3.05) is 0 Å². The van der Waals surface area contributed by atoms with Gasteiger partial charge in [-0.2, -0.15) is 0 Å². The summed E-state index contributed by atoms with van der Waals surface area (Å²) in [4.78, 5) is 0. The van der Waals surface area contributed by atoms with E-state index < -0.39 is 0 Å². The molecule has 0 aromatic rings. The Bertz CT molecular complexity index is 41.7. The van der Waals surface area contributed by atoms with Crippen LogP contribution in [0.4, 0.5) is 0 Å². The van der Waals surface area contributed by atoms with Crippen molar-refractivity contribution in [3.8, 4) is 0 Å². The highest BCUT2D eigenvalue weighted by molar-refractivity contribution is 6.20. The van der Waals surface area contributed by atoms with Crippen LogP contribution in [0.3, 0.4) is 0 Å².